The number of sulfonamides is 1. The minimum absolute atomic E-state index is 0.171. The summed E-state index contributed by atoms with van der Waals surface area (Å²) in [6.45, 7) is 0.876. The highest BCUT2D eigenvalue weighted by molar-refractivity contribution is 7.88. The molecule has 0 saturated heterocycles. The molecule has 6 nitrogen and oxygen atoms in total. The first-order valence-electron chi connectivity index (χ1n) is 6.77. The van der Waals surface area contributed by atoms with E-state index in [2.05, 4.69) is 4.72 Å². The lowest BCUT2D eigenvalue weighted by atomic mass is 10.3. The number of fused-ring (bicyclic) bond motifs is 1. The Balaban J connectivity index is 2.35. The standard InChI is InChI=1S/C14H18ClN3O3S/c1-22(20,21)16-9-11-18-13-7-3-2-6-12(13)17(14(18)19)10-5-4-8-15/h2-7,16H,8-11H2,1H3/b5-4-. The molecule has 0 aliphatic heterocycles. The second kappa shape index (κ2) is 7.13. The van der Waals surface area contributed by atoms with E-state index in [0.29, 0.717) is 12.4 Å². The Labute approximate surface area is 134 Å². The molecule has 22 heavy (non-hydrogen) atoms. The number of imidazole rings is 1. The van der Waals surface area contributed by atoms with Crippen molar-refractivity contribution in [1.29, 1.82) is 0 Å². The second-order valence-corrected chi connectivity index (χ2v) is 6.97. The summed E-state index contributed by atoms with van der Waals surface area (Å²) in [5.74, 6) is 0.395. The van der Waals surface area contributed by atoms with Gasteiger partial charge in [0.05, 0.1) is 17.3 Å². The molecule has 1 aromatic heterocycles. The molecule has 8 heteroatoms. The van der Waals surface area contributed by atoms with Crippen LogP contribution in [0.15, 0.2) is 41.2 Å². The molecule has 120 valence electrons. The van der Waals surface area contributed by atoms with Crippen molar-refractivity contribution >= 4 is 32.7 Å². The molecule has 0 radical (unpaired) electrons. The molecule has 0 aliphatic carbocycles. The smallest absolute Gasteiger partial charge is 0.291 e. The number of nitrogens with zero attached hydrogens (tertiary/aromatic N) is 2. The molecule has 1 N–H and O–H groups in total. The Bertz CT molecular complexity index is 837. The van der Waals surface area contributed by atoms with Crippen LogP contribution in [0.5, 0.6) is 0 Å². The van der Waals surface area contributed by atoms with Crippen LogP contribution in [0, 0.1) is 0 Å². The van der Waals surface area contributed by atoms with E-state index in [1.165, 1.54) is 0 Å². The summed E-state index contributed by atoms with van der Waals surface area (Å²) >= 11 is 5.60. The highest BCUT2D eigenvalue weighted by Gasteiger charge is 2.12. The predicted molar refractivity (Wildman–Crippen MR) is 88.9 cm³/mol. The first-order valence-corrected chi connectivity index (χ1v) is 9.20. The number of hydrogen-bond donors (Lipinski definition) is 1. The van der Waals surface area contributed by atoms with Crippen molar-refractivity contribution in [2.24, 2.45) is 0 Å². The van der Waals surface area contributed by atoms with Crippen molar-refractivity contribution in [2.75, 3.05) is 18.7 Å². The van der Waals surface area contributed by atoms with Gasteiger partial charge in [0.1, 0.15) is 0 Å². The zero-order valence-electron chi connectivity index (χ0n) is 12.2. The van der Waals surface area contributed by atoms with E-state index >= 15 is 0 Å². The van der Waals surface area contributed by atoms with Crippen LogP contribution in [0.2, 0.25) is 0 Å². The van der Waals surface area contributed by atoms with Gasteiger partial charge in [0.2, 0.25) is 10.0 Å². The number of hydrogen-bond acceptors (Lipinski definition) is 3. The summed E-state index contributed by atoms with van der Waals surface area (Å²) in [6, 6.07) is 7.43. The SMILES string of the molecule is CS(=O)(=O)NCCn1c(=O)n(C/C=C\CCl)c2ccccc21. The molecule has 0 spiro atoms. The van der Waals surface area contributed by atoms with Gasteiger partial charge in [-0.25, -0.2) is 17.9 Å². The van der Waals surface area contributed by atoms with E-state index in [1.54, 1.807) is 15.2 Å². The van der Waals surface area contributed by atoms with Crippen molar-refractivity contribution in [3.63, 3.8) is 0 Å². The third kappa shape index (κ3) is 4.00. The normalized spacial score (nSPS) is 12.5. The average molecular weight is 344 g/mol. The van der Waals surface area contributed by atoms with Crippen LogP contribution in [-0.4, -0.2) is 36.2 Å². The highest BCUT2D eigenvalue weighted by Crippen LogP contribution is 2.12. The van der Waals surface area contributed by atoms with Gasteiger partial charge in [-0.05, 0) is 12.1 Å². The lowest BCUT2D eigenvalue weighted by Gasteiger charge is -2.03. The number of rotatable bonds is 7. The summed E-state index contributed by atoms with van der Waals surface area (Å²) < 4.78 is 27.9. The van der Waals surface area contributed by atoms with E-state index in [0.717, 1.165) is 17.3 Å². The van der Waals surface area contributed by atoms with Crippen LogP contribution in [0.3, 0.4) is 0 Å². The van der Waals surface area contributed by atoms with Crippen molar-refractivity contribution in [2.45, 2.75) is 13.1 Å². The van der Waals surface area contributed by atoms with Crippen LogP contribution in [0.25, 0.3) is 11.0 Å². The van der Waals surface area contributed by atoms with Crippen LogP contribution < -0.4 is 10.4 Å². The number of para-hydroxylation sites is 2. The largest absolute Gasteiger partial charge is 0.329 e. The maximum Gasteiger partial charge on any atom is 0.329 e. The molecule has 0 amide bonds. The highest BCUT2D eigenvalue weighted by atomic mass is 35.5. The fraction of sp³-hybridized carbons (Fsp3) is 0.357. The third-order valence-electron chi connectivity index (χ3n) is 3.17. The lowest BCUT2D eigenvalue weighted by Crippen LogP contribution is -2.31. The number of halogens is 1. The second-order valence-electron chi connectivity index (χ2n) is 4.83. The van der Waals surface area contributed by atoms with E-state index in [4.69, 9.17) is 11.6 Å². The molecule has 0 bridgehead atoms. The monoisotopic (exact) mass is 343 g/mol. The number of allylic oxidation sites excluding steroid dienone is 2. The third-order valence-corrected chi connectivity index (χ3v) is 4.08. The molecular weight excluding hydrogens is 326 g/mol. The summed E-state index contributed by atoms with van der Waals surface area (Å²) in [4.78, 5) is 12.5. The Kier molecular flexibility index (Phi) is 5.44. The van der Waals surface area contributed by atoms with Crippen molar-refractivity contribution in [3.05, 3.63) is 46.9 Å². The van der Waals surface area contributed by atoms with Gasteiger partial charge in [-0.15, -0.1) is 11.6 Å². The van der Waals surface area contributed by atoms with E-state index in [9.17, 15) is 13.2 Å². The molecule has 0 unspecified atom stereocenters. The van der Waals surface area contributed by atoms with Gasteiger partial charge in [0.15, 0.2) is 0 Å². The molecule has 0 atom stereocenters. The zero-order valence-corrected chi connectivity index (χ0v) is 13.8. The van der Waals surface area contributed by atoms with Crippen LogP contribution in [0.1, 0.15) is 0 Å². The minimum atomic E-state index is -3.27. The topological polar surface area (TPSA) is 73.1 Å². The van der Waals surface area contributed by atoms with Crippen LogP contribution in [-0.2, 0) is 23.1 Å². The first kappa shape index (κ1) is 16.8. The molecule has 2 rings (SSSR count). The van der Waals surface area contributed by atoms with Gasteiger partial charge in [-0.2, -0.15) is 0 Å². The lowest BCUT2D eigenvalue weighted by molar-refractivity contribution is 0.576. The van der Waals surface area contributed by atoms with Crippen LogP contribution >= 0.6 is 11.6 Å². The molecule has 2 aromatic rings. The van der Waals surface area contributed by atoms with Crippen LogP contribution in [0.4, 0.5) is 0 Å². The van der Waals surface area contributed by atoms with E-state index in [-0.39, 0.29) is 18.8 Å². The quantitative estimate of drug-likeness (QED) is 0.605. The number of aromatic nitrogens is 2. The first-order chi connectivity index (χ1) is 10.4. The Morgan fingerprint density at radius 3 is 2.41 bits per heavy atom. The number of alkyl halides is 1. The summed E-state index contributed by atoms with van der Waals surface area (Å²) in [7, 11) is -3.27. The fourth-order valence-corrected chi connectivity index (χ4v) is 2.84. The van der Waals surface area contributed by atoms with Gasteiger partial charge < -0.3 is 0 Å². The minimum Gasteiger partial charge on any atom is -0.291 e. The Hall–Kier alpha value is -1.57. The molecule has 1 heterocycles. The van der Waals surface area contributed by atoms with Gasteiger partial charge in [0, 0.05) is 25.5 Å². The molecule has 1 aromatic carbocycles. The van der Waals surface area contributed by atoms with Crippen molar-refractivity contribution < 1.29 is 8.42 Å². The molecule has 0 fully saturated rings. The summed E-state index contributed by atoms with van der Waals surface area (Å²) in [5, 5.41) is 0. The predicted octanol–water partition coefficient (Wildman–Crippen LogP) is 1.15. The maximum absolute atomic E-state index is 12.5. The van der Waals surface area contributed by atoms with E-state index < -0.39 is 10.0 Å². The van der Waals surface area contributed by atoms with Gasteiger partial charge in [-0.3, -0.25) is 9.13 Å². The molecular formula is C14H18ClN3O3S. The fourth-order valence-electron chi connectivity index (χ4n) is 2.25. The van der Waals surface area contributed by atoms with E-state index in [1.807, 2.05) is 30.3 Å². The van der Waals surface area contributed by atoms with Gasteiger partial charge >= 0.3 is 5.69 Å². The Morgan fingerprint density at radius 2 is 1.82 bits per heavy atom. The molecule has 0 saturated carbocycles. The van der Waals surface area contributed by atoms with Crippen molar-refractivity contribution in [3.8, 4) is 0 Å². The van der Waals surface area contributed by atoms with Gasteiger partial charge in [-0.1, -0.05) is 24.3 Å². The molecule has 0 aliphatic rings. The summed E-state index contributed by atoms with van der Waals surface area (Å²) in [6.07, 6.45) is 4.71. The van der Waals surface area contributed by atoms with Gasteiger partial charge in [0.25, 0.3) is 0 Å². The maximum atomic E-state index is 12.5. The Morgan fingerprint density at radius 1 is 1.18 bits per heavy atom. The zero-order chi connectivity index (χ0) is 16.2. The summed E-state index contributed by atoms with van der Waals surface area (Å²) in [5.41, 5.74) is 1.42. The number of benzene rings is 1. The van der Waals surface area contributed by atoms with Crippen molar-refractivity contribution in [1.82, 2.24) is 13.9 Å². The average Bonchev–Trinajstić information content (AvgIpc) is 2.72. The number of nitrogens with one attached hydrogen (secondary N) is 1.